The van der Waals surface area contributed by atoms with E-state index in [1.165, 1.54) is 0 Å². The van der Waals surface area contributed by atoms with Gasteiger partial charge in [-0.2, -0.15) is 0 Å². The van der Waals surface area contributed by atoms with Crippen molar-refractivity contribution >= 4 is 12.6 Å². The van der Waals surface area contributed by atoms with Crippen molar-refractivity contribution in [3.05, 3.63) is 18.4 Å². The number of hydrogen-bond acceptors (Lipinski definition) is 1. The molecule has 0 amide bonds. The fourth-order valence-corrected chi connectivity index (χ4v) is 0. The van der Waals surface area contributed by atoms with Crippen LogP contribution in [-0.2, 0) is 12.6 Å². The van der Waals surface area contributed by atoms with E-state index in [9.17, 15) is 0 Å². The van der Waals surface area contributed by atoms with Crippen LogP contribution in [0.3, 0.4) is 0 Å². The van der Waals surface area contributed by atoms with Crippen LogP contribution in [0.1, 0.15) is 0 Å². The molecule has 0 aromatic heterocycles. The first kappa shape index (κ1) is 3.83. The van der Waals surface area contributed by atoms with Crippen LogP contribution in [0.4, 0.5) is 0 Å². The molecule has 0 radical (unpaired) electrons. The van der Waals surface area contributed by atoms with Gasteiger partial charge in [-0.3, -0.25) is 0 Å². The fourth-order valence-electron chi connectivity index (χ4n) is 0. The summed E-state index contributed by atoms with van der Waals surface area (Å²) >= 11 is 4.31. The molecule has 22 valence electrons. The highest BCUT2D eigenvalue weighted by molar-refractivity contribution is 7.63. The van der Waals surface area contributed by atoms with E-state index in [-0.39, 0.29) is 0 Å². The molecule has 0 spiro atoms. The first-order valence-electron chi connectivity index (χ1n) is 0.911. The highest BCUT2D eigenvalue weighted by Crippen LogP contribution is 1.69. The minimum absolute atomic E-state index is 0.500. The highest BCUT2D eigenvalue weighted by Gasteiger charge is 1.46. The van der Waals surface area contributed by atoms with Crippen LogP contribution in [0.2, 0.25) is 0 Å². The third-order valence-corrected chi connectivity index (χ3v) is 0. The van der Waals surface area contributed by atoms with E-state index in [0.29, 0.717) is 4.91 Å². The summed E-state index contributed by atoms with van der Waals surface area (Å²) in [6, 6.07) is 0. The lowest BCUT2D eigenvalue weighted by atomic mass is 10.8. The average molecular weight is 72.1 g/mol. The molecular formula is C3H4S. The van der Waals surface area contributed by atoms with E-state index < -0.39 is 0 Å². The van der Waals surface area contributed by atoms with Gasteiger partial charge in [-0.25, -0.2) is 0 Å². The smallest absolute Gasteiger partial charge is 0.00640 e. The molecule has 0 unspecified atom stereocenters. The van der Waals surface area contributed by atoms with Gasteiger partial charge in [-0.05, 0) is 4.91 Å². The minimum Gasteiger partial charge on any atom is -0.737 e. The average Bonchev–Trinajstić information content (AvgIpc) is 0.811. The molecule has 0 rings (SSSR count). The second-order valence-corrected chi connectivity index (χ2v) is 1.12. The Morgan fingerprint density at radius 3 is 2.00 bits per heavy atom. The van der Waals surface area contributed by atoms with E-state index in [0.717, 1.165) is 0 Å². The molecule has 0 N–H and O–H groups in total. The van der Waals surface area contributed by atoms with Gasteiger partial charge in [0.25, 0.3) is 0 Å². The Hall–Kier alpha value is -0.170. The second kappa shape index (κ2) is 1.18. The molecule has 0 aromatic rings. The van der Waals surface area contributed by atoms with E-state index in [1.807, 2.05) is 0 Å². The van der Waals surface area contributed by atoms with E-state index in [1.54, 1.807) is 0 Å². The molecular weight excluding hydrogens is 68.1 g/mol. The third kappa shape index (κ3) is 43.6. The van der Waals surface area contributed by atoms with Crippen molar-refractivity contribution < 1.29 is 0 Å². The molecule has 0 aliphatic carbocycles. The molecule has 0 saturated carbocycles. The van der Waals surface area contributed by atoms with Gasteiger partial charge >= 0.3 is 0 Å². The van der Waals surface area contributed by atoms with Gasteiger partial charge in [0.1, 0.15) is 0 Å². The normalized spacial score (nSPS) is 6.00. The van der Waals surface area contributed by atoms with Crippen LogP contribution in [-0.4, -0.2) is 0 Å². The molecule has 0 fully saturated rings. The van der Waals surface area contributed by atoms with Crippen LogP contribution in [0.25, 0.3) is 0 Å². The van der Waals surface area contributed by atoms with Crippen molar-refractivity contribution in [3.8, 4) is 0 Å². The molecule has 4 heavy (non-hydrogen) atoms. The van der Waals surface area contributed by atoms with Crippen molar-refractivity contribution in [2.24, 2.45) is 0 Å². The zero-order valence-corrected chi connectivity index (χ0v) is 3.14. The molecule has 0 aliphatic heterocycles. The predicted molar refractivity (Wildman–Crippen MR) is 21.9 cm³/mol. The maximum absolute atomic E-state index is 4.31. The number of allylic oxidation sites excluding steroid dienone is 1. The van der Waals surface area contributed by atoms with Gasteiger partial charge in [-0.15, -0.1) is 0 Å². The lowest BCUT2D eigenvalue weighted by Gasteiger charge is -1.80. The summed E-state index contributed by atoms with van der Waals surface area (Å²) in [6.45, 7) is 6.52. The molecule has 0 aliphatic rings. The van der Waals surface area contributed by atoms with Crippen molar-refractivity contribution in [1.29, 1.82) is 0 Å². The maximum Gasteiger partial charge on any atom is 0.00640 e. The van der Waals surface area contributed by atoms with Crippen LogP contribution < -0.4 is 0 Å². The fraction of sp³-hybridized carbons (Fsp3) is 0. The Labute approximate surface area is 31.9 Å². The van der Waals surface area contributed by atoms with Crippen molar-refractivity contribution in [2.75, 3.05) is 0 Å². The molecule has 0 bridgehead atoms. The standard InChI is InChI=1S/C3H4S/c1-3(2)4/h1-2H2. The van der Waals surface area contributed by atoms with Crippen LogP contribution in [0.5, 0.6) is 0 Å². The van der Waals surface area contributed by atoms with Gasteiger partial charge < -0.3 is 12.6 Å². The lowest BCUT2D eigenvalue weighted by molar-refractivity contribution is 2.10. The summed E-state index contributed by atoms with van der Waals surface area (Å²) in [5.74, 6) is 0. The molecule has 1 heteroatoms. The van der Waals surface area contributed by atoms with E-state index in [2.05, 4.69) is 26.1 Å². The van der Waals surface area contributed by atoms with Crippen LogP contribution in [0.15, 0.2) is 11.5 Å². The van der Waals surface area contributed by atoms with Crippen LogP contribution >= 0.6 is 0 Å². The maximum atomic E-state index is 4.31. The molecule has 0 aromatic carbocycles. The predicted octanol–water partition coefficient (Wildman–Crippen LogP) is 0.881. The Bertz CT molecular complexity index is 26.3. The lowest BCUT2D eigenvalue weighted by Crippen LogP contribution is -1.47. The minimum atomic E-state index is 0.500. The molecule has 0 nitrogen and oxygen atoms in total. The van der Waals surface area contributed by atoms with Gasteiger partial charge in [0.05, 0.1) is 0 Å². The Balaban J connectivity index is 2.80. The SMILES string of the molecule is C=C([CH2+])[S-]. The van der Waals surface area contributed by atoms with Gasteiger partial charge in [-0.1, -0.05) is 0 Å². The van der Waals surface area contributed by atoms with E-state index >= 15 is 0 Å². The van der Waals surface area contributed by atoms with Crippen molar-refractivity contribution in [1.82, 2.24) is 0 Å². The topological polar surface area (TPSA) is 0 Å². The van der Waals surface area contributed by atoms with Crippen LogP contribution in [0, 0.1) is 6.92 Å². The summed E-state index contributed by atoms with van der Waals surface area (Å²) in [5.41, 5.74) is 0. The first-order chi connectivity index (χ1) is 1.73. The third-order valence-electron chi connectivity index (χ3n) is 0. The molecule has 0 atom stereocenters. The second-order valence-electron chi connectivity index (χ2n) is 0.539. The van der Waals surface area contributed by atoms with Gasteiger partial charge in [0, 0.05) is 13.5 Å². The zero-order chi connectivity index (χ0) is 3.58. The van der Waals surface area contributed by atoms with Crippen molar-refractivity contribution in [2.45, 2.75) is 0 Å². The Morgan fingerprint density at radius 1 is 2.00 bits per heavy atom. The number of hydrogen-bond donors (Lipinski definition) is 0. The van der Waals surface area contributed by atoms with Gasteiger partial charge in [0.2, 0.25) is 0 Å². The zero-order valence-electron chi connectivity index (χ0n) is 2.32. The molecule has 0 saturated heterocycles. The molecule has 0 heterocycles. The highest BCUT2D eigenvalue weighted by atomic mass is 32.1. The number of rotatable bonds is 0. The summed E-state index contributed by atoms with van der Waals surface area (Å²) in [7, 11) is 0. The monoisotopic (exact) mass is 72.0 g/mol. The Morgan fingerprint density at radius 2 is 2.00 bits per heavy atom. The summed E-state index contributed by atoms with van der Waals surface area (Å²) < 4.78 is 0. The van der Waals surface area contributed by atoms with Gasteiger partial charge in [0.15, 0.2) is 0 Å². The summed E-state index contributed by atoms with van der Waals surface area (Å²) in [6.07, 6.45) is 0. The Kier molecular flexibility index (Phi) is 1.13. The van der Waals surface area contributed by atoms with E-state index in [4.69, 9.17) is 0 Å². The quantitative estimate of drug-likeness (QED) is 0.302. The largest absolute Gasteiger partial charge is 0.737 e. The van der Waals surface area contributed by atoms with Crippen molar-refractivity contribution in [3.63, 3.8) is 0 Å². The summed E-state index contributed by atoms with van der Waals surface area (Å²) in [4.78, 5) is 0.500. The summed E-state index contributed by atoms with van der Waals surface area (Å²) in [5, 5.41) is 0. The first-order valence-corrected chi connectivity index (χ1v) is 1.32.